The molecule has 1 atom stereocenters. The number of aliphatic hydroxyl groups excluding tert-OH is 1. The molecule has 1 aliphatic rings. The number of allylic oxidation sites excluding steroid dienone is 1. The first kappa shape index (κ1) is 8.52. The van der Waals surface area contributed by atoms with E-state index in [1.807, 2.05) is 0 Å². The molecule has 68 valence electrons. The molecule has 1 nitrogen and oxygen atoms in total. The van der Waals surface area contributed by atoms with Crippen molar-refractivity contribution in [2.24, 2.45) is 0 Å². The van der Waals surface area contributed by atoms with Crippen molar-refractivity contribution in [1.29, 1.82) is 0 Å². The number of hydrogen-bond donors (Lipinski definition) is 1. The van der Waals surface area contributed by atoms with Crippen molar-refractivity contribution in [2.75, 3.05) is 0 Å². The molecule has 1 aliphatic carbocycles. The molecule has 1 aromatic rings. The lowest BCUT2D eigenvalue weighted by Gasteiger charge is -2.08. The first-order valence-electron chi connectivity index (χ1n) is 4.72. The number of hydrogen-bond acceptors (Lipinski definition) is 1. The summed E-state index contributed by atoms with van der Waals surface area (Å²) in [4.78, 5) is 0. The van der Waals surface area contributed by atoms with Crippen LogP contribution in [0, 0.1) is 6.92 Å². The lowest BCUT2D eigenvalue weighted by Crippen LogP contribution is -2.03. The van der Waals surface area contributed by atoms with E-state index in [0.717, 1.165) is 24.0 Å². The molecule has 0 spiro atoms. The van der Waals surface area contributed by atoms with Gasteiger partial charge in [-0.1, -0.05) is 35.9 Å². The van der Waals surface area contributed by atoms with Gasteiger partial charge in [-0.25, -0.2) is 0 Å². The van der Waals surface area contributed by atoms with E-state index in [9.17, 15) is 5.11 Å². The molecule has 0 aromatic heterocycles. The number of benzene rings is 1. The van der Waals surface area contributed by atoms with E-state index in [-0.39, 0.29) is 6.10 Å². The van der Waals surface area contributed by atoms with Gasteiger partial charge in [0.05, 0.1) is 6.10 Å². The van der Waals surface area contributed by atoms with E-state index in [0.29, 0.717) is 0 Å². The molecular formula is C12H14O. The maximum absolute atomic E-state index is 9.64. The van der Waals surface area contributed by atoms with Gasteiger partial charge in [-0.15, -0.1) is 0 Å². The Hall–Kier alpha value is -1.08. The Bertz CT molecular complexity index is 321. The summed E-state index contributed by atoms with van der Waals surface area (Å²) < 4.78 is 0. The van der Waals surface area contributed by atoms with Crippen molar-refractivity contribution in [2.45, 2.75) is 25.9 Å². The van der Waals surface area contributed by atoms with Crippen molar-refractivity contribution in [3.63, 3.8) is 0 Å². The monoisotopic (exact) mass is 174 g/mol. The number of aryl methyl sites for hydroxylation is 1. The van der Waals surface area contributed by atoms with Crippen LogP contribution in [-0.4, -0.2) is 11.2 Å². The second kappa shape index (κ2) is 3.35. The molecular weight excluding hydrogens is 160 g/mol. The van der Waals surface area contributed by atoms with Crippen LogP contribution in [0.15, 0.2) is 30.3 Å². The van der Waals surface area contributed by atoms with Crippen LogP contribution in [0.5, 0.6) is 0 Å². The fraction of sp³-hybridized carbons (Fsp3) is 0.333. The van der Waals surface area contributed by atoms with Crippen molar-refractivity contribution in [3.8, 4) is 0 Å². The van der Waals surface area contributed by atoms with Gasteiger partial charge in [0, 0.05) is 0 Å². The van der Waals surface area contributed by atoms with Gasteiger partial charge >= 0.3 is 0 Å². The predicted octanol–water partition coefficient (Wildman–Crippen LogP) is 2.53. The highest BCUT2D eigenvalue weighted by Crippen LogP contribution is 2.27. The zero-order valence-corrected chi connectivity index (χ0v) is 7.83. The minimum absolute atomic E-state index is 0.247. The predicted molar refractivity (Wildman–Crippen MR) is 54.4 cm³/mol. The van der Waals surface area contributed by atoms with Gasteiger partial charge in [0.1, 0.15) is 0 Å². The Morgan fingerprint density at radius 1 is 1.23 bits per heavy atom. The zero-order chi connectivity index (χ0) is 9.26. The average Bonchev–Trinajstić information content (AvgIpc) is 2.53. The first-order chi connectivity index (χ1) is 6.27. The Balaban J connectivity index is 2.30. The van der Waals surface area contributed by atoms with E-state index in [4.69, 9.17) is 0 Å². The molecule has 0 saturated carbocycles. The molecule has 1 heteroatoms. The summed E-state index contributed by atoms with van der Waals surface area (Å²) in [5, 5.41) is 9.64. The SMILES string of the molecule is Cc1ccc(C2=CCC[C@@H]2O)cc1. The van der Waals surface area contributed by atoms with E-state index in [1.165, 1.54) is 5.56 Å². The molecule has 0 saturated heterocycles. The molecule has 1 N–H and O–H groups in total. The quantitative estimate of drug-likeness (QED) is 0.693. The van der Waals surface area contributed by atoms with Crippen LogP contribution in [0.3, 0.4) is 0 Å². The summed E-state index contributed by atoms with van der Waals surface area (Å²) in [7, 11) is 0. The van der Waals surface area contributed by atoms with Gasteiger partial charge in [-0.05, 0) is 30.9 Å². The van der Waals surface area contributed by atoms with Crippen LogP contribution in [0.4, 0.5) is 0 Å². The van der Waals surface area contributed by atoms with Crippen molar-refractivity contribution < 1.29 is 5.11 Å². The van der Waals surface area contributed by atoms with E-state index in [1.54, 1.807) is 0 Å². The molecule has 0 amide bonds. The number of aliphatic hydroxyl groups is 1. The first-order valence-corrected chi connectivity index (χ1v) is 4.72. The van der Waals surface area contributed by atoms with Crippen molar-refractivity contribution >= 4 is 5.57 Å². The van der Waals surface area contributed by atoms with Crippen LogP contribution in [0.2, 0.25) is 0 Å². The van der Waals surface area contributed by atoms with Gasteiger partial charge in [0.15, 0.2) is 0 Å². The average molecular weight is 174 g/mol. The fourth-order valence-electron chi connectivity index (χ4n) is 1.74. The molecule has 1 aromatic carbocycles. The minimum atomic E-state index is -0.247. The molecule has 0 unspecified atom stereocenters. The highest BCUT2D eigenvalue weighted by molar-refractivity contribution is 5.70. The smallest absolute Gasteiger partial charge is 0.0795 e. The normalized spacial score (nSPS) is 21.7. The fourth-order valence-corrected chi connectivity index (χ4v) is 1.74. The Labute approximate surface area is 78.7 Å². The van der Waals surface area contributed by atoms with Gasteiger partial charge in [0.2, 0.25) is 0 Å². The second-order valence-electron chi connectivity index (χ2n) is 3.62. The van der Waals surface area contributed by atoms with Crippen LogP contribution in [0.1, 0.15) is 24.0 Å². The molecule has 0 fully saturated rings. The summed E-state index contributed by atoms with van der Waals surface area (Å²) in [5.74, 6) is 0. The van der Waals surface area contributed by atoms with E-state index in [2.05, 4.69) is 37.3 Å². The molecule has 0 heterocycles. The van der Waals surface area contributed by atoms with Gasteiger partial charge in [-0.3, -0.25) is 0 Å². The van der Waals surface area contributed by atoms with Crippen LogP contribution in [-0.2, 0) is 0 Å². The van der Waals surface area contributed by atoms with Gasteiger partial charge < -0.3 is 5.11 Å². The molecule has 2 rings (SSSR count). The lowest BCUT2D eigenvalue weighted by molar-refractivity contribution is 0.231. The van der Waals surface area contributed by atoms with Crippen molar-refractivity contribution in [1.82, 2.24) is 0 Å². The van der Waals surface area contributed by atoms with Crippen LogP contribution < -0.4 is 0 Å². The zero-order valence-electron chi connectivity index (χ0n) is 7.83. The summed E-state index contributed by atoms with van der Waals surface area (Å²) in [6.07, 6.45) is 3.77. The molecule has 0 aliphatic heterocycles. The summed E-state index contributed by atoms with van der Waals surface area (Å²) in [6.45, 7) is 2.07. The third kappa shape index (κ3) is 1.65. The van der Waals surface area contributed by atoms with Crippen LogP contribution in [0.25, 0.3) is 5.57 Å². The third-order valence-electron chi connectivity index (χ3n) is 2.55. The second-order valence-corrected chi connectivity index (χ2v) is 3.62. The summed E-state index contributed by atoms with van der Waals surface area (Å²) in [5.41, 5.74) is 3.52. The largest absolute Gasteiger partial charge is 0.388 e. The Morgan fingerprint density at radius 2 is 1.92 bits per heavy atom. The van der Waals surface area contributed by atoms with Crippen LogP contribution >= 0.6 is 0 Å². The molecule has 0 bridgehead atoms. The summed E-state index contributed by atoms with van der Waals surface area (Å²) in [6, 6.07) is 8.33. The lowest BCUT2D eigenvalue weighted by atomic mass is 10.0. The maximum atomic E-state index is 9.64. The standard InChI is InChI=1S/C12H14O/c1-9-5-7-10(8-6-9)11-3-2-4-12(11)13/h3,5-8,12-13H,2,4H2,1H3/t12-/m0/s1. The highest BCUT2D eigenvalue weighted by atomic mass is 16.3. The summed E-state index contributed by atoms with van der Waals surface area (Å²) >= 11 is 0. The number of rotatable bonds is 1. The van der Waals surface area contributed by atoms with E-state index >= 15 is 0 Å². The minimum Gasteiger partial charge on any atom is -0.388 e. The van der Waals surface area contributed by atoms with E-state index < -0.39 is 0 Å². The maximum Gasteiger partial charge on any atom is 0.0795 e. The molecule has 13 heavy (non-hydrogen) atoms. The van der Waals surface area contributed by atoms with Crippen molar-refractivity contribution in [3.05, 3.63) is 41.5 Å². The van der Waals surface area contributed by atoms with Gasteiger partial charge in [-0.2, -0.15) is 0 Å². The van der Waals surface area contributed by atoms with Gasteiger partial charge in [0.25, 0.3) is 0 Å². The Morgan fingerprint density at radius 3 is 2.46 bits per heavy atom. The third-order valence-corrected chi connectivity index (χ3v) is 2.55. The Kier molecular flexibility index (Phi) is 2.19. The molecule has 0 radical (unpaired) electrons. The topological polar surface area (TPSA) is 20.2 Å². The highest BCUT2D eigenvalue weighted by Gasteiger charge is 2.16.